The van der Waals surface area contributed by atoms with Crippen molar-refractivity contribution in [2.24, 2.45) is 11.8 Å². The average Bonchev–Trinajstić information content (AvgIpc) is 2.60. The van der Waals surface area contributed by atoms with Gasteiger partial charge in [0, 0.05) is 19.1 Å². The van der Waals surface area contributed by atoms with Crippen LogP contribution in [-0.2, 0) is 4.79 Å². The number of nitrogens with one attached hydrogen (secondary N) is 1. The molecule has 1 amide bonds. The molecule has 1 fully saturated rings. The summed E-state index contributed by atoms with van der Waals surface area (Å²) >= 11 is 0. The molecule has 94 valence electrons. The quantitative estimate of drug-likeness (QED) is 0.683. The van der Waals surface area contributed by atoms with Crippen molar-refractivity contribution in [3.63, 3.8) is 0 Å². The maximum atomic E-state index is 11.6. The highest BCUT2D eigenvalue weighted by Gasteiger charge is 2.32. The van der Waals surface area contributed by atoms with Gasteiger partial charge in [0.05, 0.1) is 0 Å². The first-order valence-corrected chi connectivity index (χ1v) is 6.59. The van der Waals surface area contributed by atoms with Gasteiger partial charge in [0.15, 0.2) is 0 Å². The largest absolute Gasteiger partial charge is 0.396 e. The summed E-state index contributed by atoms with van der Waals surface area (Å²) in [7, 11) is 0. The number of rotatable bonds is 6. The molecule has 3 nitrogen and oxygen atoms in total. The standard InChI is InChI=1S/C13H25NO2/c1-3-11-7-8-12(10(11)2)14-13(16)6-4-5-9-15/h10-12,15H,3-9H2,1-2H3,(H,14,16). The highest BCUT2D eigenvalue weighted by Crippen LogP contribution is 2.33. The van der Waals surface area contributed by atoms with Gasteiger partial charge in [-0.3, -0.25) is 4.79 Å². The second-order valence-electron chi connectivity index (χ2n) is 4.96. The predicted octanol–water partition coefficient (Wildman–Crippen LogP) is 2.09. The van der Waals surface area contributed by atoms with Crippen LogP contribution in [0.1, 0.15) is 52.4 Å². The topological polar surface area (TPSA) is 49.3 Å². The Morgan fingerprint density at radius 3 is 2.69 bits per heavy atom. The number of carbonyl (C=O) groups excluding carboxylic acids is 1. The first kappa shape index (κ1) is 13.5. The molecule has 1 rings (SSSR count). The van der Waals surface area contributed by atoms with Gasteiger partial charge in [0.25, 0.3) is 0 Å². The Labute approximate surface area is 98.6 Å². The van der Waals surface area contributed by atoms with E-state index in [1.807, 2.05) is 0 Å². The van der Waals surface area contributed by atoms with Gasteiger partial charge in [0.1, 0.15) is 0 Å². The number of carbonyl (C=O) groups is 1. The van der Waals surface area contributed by atoms with Crippen LogP contribution in [0.2, 0.25) is 0 Å². The number of hydrogen-bond donors (Lipinski definition) is 2. The van der Waals surface area contributed by atoms with Crippen molar-refractivity contribution in [1.29, 1.82) is 0 Å². The van der Waals surface area contributed by atoms with Crippen molar-refractivity contribution in [3.05, 3.63) is 0 Å². The Kier molecular flexibility index (Phi) is 5.81. The van der Waals surface area contributed by atoms with Gasteiger partial charge in [-0.15, -0.1) is 0 Å². The Morgan fingerprint density at radius 2 is 2.12 bits per heavy atom. The fourth-order valence-electron chi connectivity index (χ4n) is 2.70. The van der Waals surface area contributed by atoms with E-state index >= 15 is 0 Å². The molecule has 0 radical (unpaired) electrons. The Balaban J connectivity index is 2.24. The molecule has 3 heteroatoms. The van der Waals surface area contributed by atoms with E-state index < -0.39 is 0 Å². The first-order valence-electron chi connectivity index (χ1n) is 6.59. The van der Waals surface area contributed by atoms with Crippen molar-refractivity contribution < 1.29 is 9.90 Å². The number of hydrogen-bond acceptors (Lipinski definition) is 2. The maximum Gasteiger partial charge on any atom is 0.220 e. The molecule has 3 unspecified atom stereocenters. The van der Waals surface area contributed by atoms with Crippen LogP contribution in [0, 0.1) is 11.8 Å². The van der Waals surface area contributed by atoms with Crippen molar-refractivity contribution in [2.75, 3.05) is 6.61 Å². The molecule has 0 saturated heterocycles. The minimum atomic E-state index is 0.155. The van der Waals surface area contributed by atoms with E-state index in [0.717, 1.165) is 25.2 Å². The molecule has 16 heavy (non-hydrogen) atoms. The zero-order valence-corrected chi connectivity index (χ0v) is 10.5. The van der Waals surface area contributed by atoms with Gasteiger partial charge in [-0.25, -0.2) is 0 Å². The van der Waals surface area contributed by atoms with Crippen molar-refractivity contribution in [1.82, 2.24) is 5.32 Å². The van der Waals surface area contributed by atoms with Crippen LogP contribution in [0.15, 0.2) is 0 Å². The number of unbranched alkanes of at least 4 members (excludes halogenated alkanes) is 1. The van der Waals surface area contributed by atoms with Crippen molar-refractivity contribution in [3.8, 4) is 0 Å². The van der Waals surface area contributed by atoms with E-state index in [9.17, 15) is 4.79 Å². The van der Waals surface area contributed by atoms with Crippen LogP contribution in [-0.4, -0.2) is 23.7 Å². The fraction of sp³-hybridized carbons (Fsp3) is 0.923. The summed E-state index contributed by atoms with van der Waals surface area (Å²) in [5.41, 5.74) is 0. The fourth-order valence-corrected chi connectivity index (χ4v) is 2.70. The molecule has 0 aromatic heterocycles. The van der Waals surface area contributed by atoms with E-state index in [2.05, 4.69) is 19.2 Å². The van der Waals surface area contributed by atoms with Crippen LogP contribution < -0.4 is 5.32 Å². The van der Waals surface area contributed by atoms with Crippen LogP contribution in [0.5, 0.6) is 0 Å². The second kappa shape index (κ2) is 6.89. The lowest BCUT2D eigenvalue weighted by molar-refractivity contribution is -0.122. The lowest BCUT2D eigenvalue weighted by Gasteiger charge is -2.20. The van der Waals surface area contributed by atoms with Gasteiger partial charge >= 0.3 is 0 Å². The van der Waals surface area contributed by atoms with E-state index in [4.69, 9.17) is 5.11 Å². The molecule has 1 saturated carbocycles. The van der Waals surface area contributed by atoms with Crippen LogP contribution in [0.25, 0.3) is 0 Å². The number of aliphatic hydroxyl groups excluding tert-OH is 1. The normalized spacial score (nSPS) is 29.3. The minimum absolute atomic E-state index is 0.155. The van der Waals surface area contributed by atoms with E-state index in [0.29, 0.717) is 18.4 Å². The van der Waals surface area contributed by atoms with Crippen LogP contribution in [0.4, 0.5) is 0 Å². The van der Waals surface area contributed by atoms with Gasteiger partial charge in [-0.1, -0.05) is 20.3 Å². The predicted molar refractivity (Wildman–Crippen MR) is 65.0 cm³/mol. The Bertz CT molecular complexity index is 218. The second-order valence-corrected chi connectivity index (χ2v) is 4.96. The summed E-state index contributed by atoms with van der Waals surface area (Å²) in [5, 5.41) is 11.8. The average molecular weight is 227 g/mol. The molecular formula is C13H25NO2. The smallest absolute Gasteiger partial charge is 0.220 e. The van der Waals surface area contributed by atoms with Gasteiger partial charge in [-0.05, 0) is 37.5 Å². The van der Waals surface area contributed by atoms with Crippen LogP contribution in [0.3, 0.4) is 0 Å². The summed E-state index contributed by atoms with van der Waals surface area (Å²) in [6.45, 7) is 4.66. The monoisotopic (exact) mass is 227 g/mol. The summed E-state index contributed by atoms with van der Waals surface area (Å²) in [6, 6.07) is 0.381. The highest BCUT2D eigenvalue weighted by molar-refractivity contribution is 5.76. The van der Waals surface area contributed by atoms with Gasteiger partial charge in [0.2, 0.25) is 5.91 Å². The third-order valence-corrected chi connectivity index (χ3v) is 3.91. The van der Waals surface area contributed by atoms with Gasteiger partial charge < -0.3 is 10.4 Å². The summed E-state index contributed by atoms with van der Waals surface area (Å²) in [5.74, 6) is 1.55. The van der Waals surface area contributed by atoms with Crippen LogP contribution >= 0.6 is 0 Å². The summed E-state index contributed by atoms with van der Waals surface area (Å²) in [4.78, 5) is 11.6. The zero-order chi connectivity index (χ0) is 12.0. The zero-order valence-electron chi connectivity index (χ0n) is 10.5. The molecule has 0 spiro atoms. The minimum Gasteiger partial charge on any atom is -0.396 e. The first-order chi connectivity index (χ1) is 7.69. The van der Waals surface area contributed by atoms with Crippen molar-refractivity contribution in [2.45, 2.75) is 58.4 Å². The Hall–Kier alpha value is -0.570. The molecular weight excluding hydrogens is 202 g/mol. The molecule has 0 aromatic carbocycles. The number of amides is 1. The third kappa shape index (κ3) is 3.78. The SMILES string of the molecule is CCC1CCC(NC(=O)CCCCO)C1C. The molecule has 1 aliphatic rings. The molecule has 2 N–H and O–H groups in total. The number of aliphatic hydroxyl groups is 1. The molecule has 0 bridgehead atoms. The summed E-state index contributed by atoms with van der Waals surface area (Å²) in [6.07, 6.45) is 5.68. The highest BCUT2D eigenvalue weighted by atomic mass is 16.2. The molecule has 0 heterocycles. The lowest BCUT2D eigenvalue weighted by Crippen LogP contribution is -2.37. The van der Waals surface area contributed by atoms with Crippen molar-refractivity contribution >= 4 is 5.91 Å². The Morgan fingerprint density at radius 1 is 1.38 bits per heavy atom. The summed E-state index contributed by atoms with van der Waals surface area (Å²) < 4.78 is 0. The molecule has 1 aliphatic carbocycles. The maximum absolute atomic E-state index is 11.6. The third-order valence-electron chi connectivity index (χ3n) is 3.91. The van der Waals surface area contributed by atoms with E-state index in [1.54, 1.807) is 0 Å². The van der Waals surface area contributed by atoms with E-state index in [-0.39, 0.29) is 12.5 Å². The molecule has 0 aliphatic heterocycles. The van der Waals surface area contributed by atoms with E-state index in [1.165, 1.54) is 12.8 Å². The van der Waals surface area contributed by atoms with Gasteiger partial charge in [-0.2, -0.15) is 0 Å². The lowest BCUT2D eigenvalue weighted by atomic mass is 9.93. The molecule has 3 atom stereocenters. The molecule has 0 aromatic rings.